The molecule has 1 atom stereocenters. The van der Waals surface area contributed by atoms with Gasteiger partial charge in [-0.2, -0.15) is 0 Å². The molecular formula is C18H18N2O. The quantitative estimate of drug-likeness (QED) is 0.870. The maximum absolute atomic E-state index is 12.7. The molecule has 2 aliphatic rings. The van der Waals surface area contributed by atoms with Crippen molar-refractivity contribution in [2.24, 2.45) is 0 Å². The van der Waals surface area contributed by atoms with Crippen LogP contribution in [-0.4, -0.2) is 16.8 Å². The number of fused-ring (bicyclic) bond motifs is 2. The fourth-order valence-corrected chi connectivity index (χ4v) is 3.33. The van der Waals surface area contributed by atoms with E-state index in [1.807, 2.05) is 23.1 Å². The second-order valence-corrected chi connectivity index (χ2v) is 5.86. The van der Waals surface area contributed by atoms with E-state index in [4.69, 9.17) is 0 Å². The van der Waals surface area contributed by atoms with E-state index < -0.39 is 0 Å². The first-order valence-corrected chi connectivity index (χ1v) is 7.51. The van der Waals surface area contributed by atoms with E-state index >= 15 is 0 Å². The third kappa shape index (κ3) is 2.19. The third-order valence-electron chi connectivity index (χ3n) is 4.50. The van der Waals surface area contributed by atoms with Crippen molar-refractivity contribution >= 4 is 11.6 Å². The van der Waals surface area contributed by atoms with Gasteiger partial charge in [0.1, 0.15) is 6.04 Å². The monoisotopic (exact) mass is 278 g/mol. The van der Waals surface area contributed by atoms with E-state index in [2.05, 4.69) is 35.6 Å². The van der Waals surface area contributed by atoms with E-state index in [-0.39, 0.29) is 11.9 Å². The van der Waals surface area contributed by atoms with Crippen molar-refractivity contribution in [2.75, 3.05) is 5.32 Å². The molecule has 0 spiro atoms. The lowest BCUT2D eigenvalue weighted by atomic mass is 9.97. The van der Waals surface area contributed by atoms with Gasteiger partial charge in [-0.05, 0) is 35.6 Å². The zero-order valence-electron chi connectivity index (χ0n) is 11.9. The number of hydrogen-bond acceptors (Lipinski definition) is 2. The minimum Gasteiger partial charge on any atom is -0.373 e. The van der Waals surface area contributed by atoms with Crippen LogP contribution in [0.5, 0.6) is 0 Å². The molecule has 2 aromatic carbocycles. The summed E-state index contributed by atoms with van der Waals surface area (Å²) in [6, 6.07) is 16.5. The van der Waals surface area contributed by atoms with E-state index in [0.29, 0.717) is 0 Å². The first-order valence-electron chi connectivity index (χ1n) is 7.51. The van der Waals surface area contributed by atoms with Gasteiger partial charge in [0.15, 0.2) is 0 Å². The molecule has 0 aromatic heterocycles. The number of hydrogen-bond donors (Lipinski definition) is 1. The maximum atomic E-state index is 12.7. The lowest BCUT2D eigenvalue weighted by Crippen LogP contribution is -2.42. The minimum atomic E-state index is -0.0887. The smallest absolute Gasteiger partial charge is 0.245 e. The summed E-state index contributed by atoms with van der Waals surface area (Å²) < 4.78 is 0. The molecule has 2 aromatic rings. The molecule has 0 saturated carbocycles. The van der Waals surface area contributed by atoms with Crippen LogP contribution in [0.25, 0.3) is 0 Å². The molecule has 3 heteroatoms. The van der Waals surface area contributed by atoms with E-state index in [9.17, 15) is 4.79 Å². The van der Waals surface area contributed by atoms with E-state index in [1.54, 1.807) is 0 Å². The Balaban J connectivity index is 1.50. The molecule has 106 valence electrons. The van der Waals surface area contributed by atoms with Crippen molar-refractivity contribution < 1.29 is 4.79 Å². The van der Waals surface area contributed by atoms with Crippen LogP contribution in [0.2, 0.25) is 0 Å². The molecule has 0 radical (unpaired) electrons. The fourth-order valence-electron chi connectivity index (χ4n) is 3.33. The Bertz CT molecular complexity index is 670. The highest BCUT2D eigenvalue weighted by atomic mass is 16.2. The lowest BCUT2D eigenvalue weighted by Gasteiger charge is -2.29. The number of benzene rings is 2. The molecule has 4 rings (SSSR count). The van der Waals surface area contributed by atoms with Crippen LogP contribution in [0.4, 0.5) is 5.69 Å². The first-order chi connectivity index (χ1) is 10.3. The van der Waals surface area contributed by atoms with Gasteiger partial charge < -0.3 is 10.2 Å². The number of rotatable bonds is 1. The van der Waals surface area contributed by atoms with Crippen LogP contribution in [-0.2, 0) is 24.3 Å². The SMILES string of the molecule is O=C(C1CCc2ccccc2N1)N1Cc2ccccc2C1. The average Bonchev–Trinajstić information content (AvgIpc) is 2.97. The fraction of sp³-hybridized carbons (Fsp3) is 0.278. The number of para-hydroxylation sites is 1. The average molecular weight is 278 g/mol. The van der Waals surface area contributed by atoms with Crippen LogP contribution >= 0.6 is 0 Å². The van der Waals surface area contributed by atoms with E-state index in [0.717, 1.165) is 31.6 Å². The zero-order chi connectivity index (χ0) is 14.2. The summed E-state index contributed by atoms with van der Waals surface area (Å²) in [5.74, 6) is 0.223. The molecule has 1 N–H and O–H groups in total. The minimum absolute atomic E-state index is 0.0887. The van der Waals surface area contributed by atoms with Gasteiger partial charge in [0, 0.05) is 18.8 Å². The van der Waals surface area contributed by atoms with Crippen LogP contribution in [0.15, 0.2) is 48.5 Å². The number of anilines is 1. The standard InChI is InChI=1S/C18H18N2O/c21-18(20-11-14-6-1-2-7-15(14)12-20)17-10-9-13-5-3-4-8-16(13)19-17/h1-8,17,19H,9-12H2. The number of nitrogens with one attached hydrogen (secondary N) is 1. The van der Waals surface area contributed by atoms with Crippen molar-refractivity contribution in [2.45, 2.75) is 32.0 Å². The Hall–Kier alpha value is -2.29. The molecule has 0 saturated heterocycles. The number of aryl methyl sites for hydroxylation is 1. The number of carbonyl (C=O) groups excluding carboxylic acids is 1. The Morgan fingerprint density at radius 2 is 1.57 bits per heavy atom. The van der Waals surface area contributed by atoms with Gasteiger partial charge >= 0.3 is 0 Å². The van der Waals surface area contributed by atoms with Crippen molar-refractivity contribution in [3.63, 3.8) is 0 Å². The molecule has 21 heavy (non-hydrogen) atoms. The second-order valence-electron chi connectivity index (χ2n) is 5.86. The highest BCUT2D eigenvalue weighted by molar-refractivity contribution is 5.86. The van der Waals surface area contributed by atoms with Gasteiger partial charge in [-0.25, -0.2) is 0 Å². The molecule has 0 aliphatic carbocycles. The largest absolute Gasteiger partial charge is 0.373 e. The van der Waals surface area contributed by atoms with Crippen molar-refractivity contribution in [3.05, 3.63) is 65.2 Å². The molecule has 3 nitrogen and oxygen atoms in total. The van der Waals surface area contributed by atoms with Gasteiger partial charge in [0.05, 0.1) is 0 Å². The van der Waals surface area contributed by atoms with Gasteiger partial charge in [-0.3, -0.25) is 4.79 Å². The Morgan fingerprint density at radius 3 is 2.29 bits per heavy atom. The van der Waals surface area contributed by atoms with E-state index in [1.165, 1.54) is 16.7 Å². The molecule has 2 heterocycles. The zero-order valence-corrected chi connectivity index (χ0v) is 11.9. The number of carbonyl (C=O) groups is 1. The van der Waals surface area contributed by atoms with Crippen LogP contribution < -0.4 is 5.32 Å². The first kappa shape index (κ1) is 12.5. The van der Waals surface area contributed by atoms with Gasteiger partial charge in [0.25, 0.3) is 0 Å². The summed E-state index contributed by atoms with van der Waals surface area (Å²) in [7, 11) is 0. The molecule has 1 unspecified atom stereocenters. The summed E-state index contributed by atoms with van der Waals surface area (Å²) in [5.41, 5.74) is 4.98. The van der Waals surface area contributed by atoms with Gasteiger partial charge in [-0.15, -0.1) is 0 Å². The topological polar surface area (TPSA) is 32.3 Å². The van der Waals surface area contributed by atoms with Crippen molar-refractivity contribution in [1.82, 2.24) is 4.90 Å². The van der Waals surface area contributed by atoms with Crippen molar-refractivity contribution in [1.29, 1.82) is 0 Å². The Morgan fingerprint density at radius 1 is 0.952 bits per heavy atom. The summed E-state index contributed by atoms with van der Waals surface area (Å²) >= 11 is 0. The van der Waals surface area contributed by atoms with Crippen LogP contribution in [0.3, 0.4) is 0 Å². The molecule has 0 bridgehead atoms. The Labute approximate surface area is 124 Å². The molecule has 0 fully saturated rings. The van der Waals surface area contributed by atoms with Crippen LogP contribution in [0, 0.1) is 0 Å². The lowest BCUT2D eigenvalue weighted by molar-refractivity contribution is -0.132. The highest BCUT2D eigenvalue weighted by Crippen LogP contribution is 2.28. The second kappa shape index (κ2) is 4.92. The van der Waals surface area contributed by atoms with Crippen molar-refractivity contribution in [3.8, 4) is 0 Å². The summed E-state index contributed by atoms with van der Waals surface area (Å²) in [5, 5.41) is 3.41. The summed E-state index contributed by atoms with van der Waals surface area (Å²) in [6.07, 6.45) is 1.85. The third-order valence-corrected chi connectivity index (χ3v) is 4.50. The summed E-state index contributed by atoms with van der Waals surface area (Å²) in [6.45, 7) is 1.49. The Kier molecular flexibility index (Phi) is 2.92. The van der Waals surface area contributed by atoms with Crippen LogP contribution in [0.1, 0.15) is 23.1 Å². The molecule has 2 aliphatic heterocycles. The normalized spacial score (nSPS) is 19.6. The predicted molar refractivity (Wildman–Crippen MR) is 82.9 cm³/mol. The number of nitrogens with zero attached hydrogens (tertiary/aromatic N) is 1. The summed E-state index contributed by atoms with van der Waals surface area (Å²) in [4.78, 5) is 14.7. The number of amides is 1. The highest BCUT2D eigenvalue weighted by Gasteiger charge is 2.30. The maximum Gasteiger partial charge on any atom is 0.245 e. The van der Waals surface area contributed by atoms with Gasteiger partial charge in [-0.1, -0.05) is 42.5 Å². The molecular weight excluding hydrogens is 260 g/mol. The molecule has 1 amide bonds. The van der Waals surface area contributed by atoms with Gasteiger partial charge in [0.2, 0.25) is 5.91 Å². The predicted octanol–water partition coefficient (Wildman–Crippen LogP) is 2.96.